The summed E-state index contributed by atoms with van der Waals surface area (Å²) in [6, 6.07) is 9.13. The van der Waals surface area contributed by atoms with Gasteiger partial charge >= 0.3 is 0 Å². The fourth-order valence-corrected chi connectivity index (χ4v) is 2.04. The Hall–Kier alpha value is -0.940. The normalized spacial score (nSPS) is 10.4. The monoisotopic (exact) mass is 376 g/mol. The van der Waals surface area contributed by atoms with E-state index < -0.39 is 0 Å². The summed E-state index contributed by atoms with van der Waals surface area (Å²) in [5, 5.41) is 0. The molecule has 0 bridgehead atoms. The van der Waals surface area contributed by atoms with E-state index in [-0.39, 0.29) is 18.2 Å². The third kappa shape index (κ3) is 3.29. The van der Waals surface area contributed by atoms with Crippen LogP contribution in [-0.4, -0.2) is 0 Å². The van der Waals surface area contributed by atoms with Crippen molar-refractivity contribution < 1.29 is 13.5 Å². The molecular formula is C13H8Br2F2O. The highest BCUT2D eigenvalue weighted by molar-refractivity contribution is 9.10. The lowest BCUT2D eigenvalue weighted by atomic mass is 10.2. The summed E-state index contributed by atoms with van der Waals surface area (Å²) >= 11 is 6.16. The van der Waals surface area contributed by atoms with Crippen LogP contribution in [0.1, 0.15) is 5.56 Å². The number of ether oxygens (including phenoxy) is 1. The zero-order valence-corrected chi connectivity index (χ0v) is 12.3. The van der Waals surface area contributed by atoms with Gasteiger partial charge in [-0.1, -0.05) is 6.07 Å². The van der Waals surface area contributed by atoms with Crippen LogP contribution >= 0.6 is 31.9 Å². The molecule has 1 nitrogen and oxygen atoms in total. The van der Waals surface area contributed by atoms with E-state index in [1.54, 1.807) is 24.3 Å². The molecule has 0 amide bonds. The Balaban J connectivity index is 2.06. The van der Waals surface area contributed by atoms with Gasteiger partial charge in [0.2, 0.25) is 0 Å². The molecule has 2 aromatic rings. The fraction of sp³-hybridized carbons (Fsp3) is 0.0769. The first-order valence-corrected chi connectivity index (χ1v) is 6.66. The van der Waals surface area contributed by atoms with Crippen LogP contribution in [0.2, 0.25) is 0 Å². The second-order valence-electron chi connectivity index (χ2n) is 3.61. The van der Waals surface area contributed by atoms with Crippen LogP contribution in [0.25, 0.3) is 0 Å². The molecule has 2 aromatic carbocycles. The van der Waals surface area contributed by atoms with Crippen molar-refractivity contribution in [3.63, 3.8) is 0 Å². The molecule has 5 heteroatoms. The molecule has 0 atom stereocenters. The lowest BCUT2D eigenvalue weighted by Crippen LogP contribution is -1.96. The molecule has 0 heterocycles. The van der Waals surface area contributed by atoms with Gasteiger partial charge in [0.15, 0.2) is 0 Å². The molecule has 18 heavy (non-hydrogen) atoms. The summed E-state index contributed by atoms with van der Waals surface area (Å²) in [7, 11) is 0. The van der Waals surface area contributed by atoms with Gasteiger partial charge in [-0.2, -0.15) is 0 Å². The first kappa shape index (κ1) is 13.5. The van der Waals surface area contributed by atoms with Gasteiger partial charge in [-0.25, -0.2) is 8.78 Å². The Morgan fingerprint density at radius 3 is 2.33 bits per heavy atom. The molecular weight excluding hydrogens is 370 g/mol. The standard InChI is InChI=1S/C13H8Br2F2O/c14-10-3-2-9(6-13(10)17)18-7-8-1-4-12(16)11(15)5-8/h1-6H,7H2. The molecule has 0 unspecified atom stereocenters. The predicted octanol–water partition coefficient (Wildman–Crippen LogP) is 5.07. The minimum Gasteiger partial charge on any atom is -0.489 e. The molecule has 2 rings (SSSR count). The first-order chi connectivity index (χ1) is 8.56. The Kier molecular flexibility index (Phi) is 4.35. The zero-order chi connectivity index (χ0) is 13.1. The minimum atomic E-state index is -0.382. The van der Waals surface area contributed by atoms with Gasteiger partial charge in [0, 0.05) is 6.07 Å². The average Bonchev–Trinajstić information content (AvgIpc) is 2.35. The summed E-state index contributed by atoms with van der Waals surface area (Å²) in [6.07, 6.45) is 0. The molecule has 0 aliphatic carbocycles. The maximum Gasteiger partial charge on any atom is 0.141 e. The van der Waals surface area contributed by atoms with Crippen LogP contribution in [0.3, 0.4) is 0 Å². The number of hydrogen-bond donors (Lipinski definition) is 0. The van der Waals surface area contributed by atoms with Crippen molar-refractivity contribution >= 4 is 31.9 Å². The molecule has 0 aliphatic rings. The number of rotatable bonds is 3. The summed E-state index contributed by atoms with van der Waals surface area (Å²) in [5.74, 6) is -0.280. The van der Waals surface area contributed by atoms with Crippen LogP contribution in [0.5, 0.6) is 5.75 Å². The molecule has 94 valence electrons. The van der Waals surface area contributed by atoms with E-state index in [4.69, 9.17) is 4.74 Å². The van der Waals surface area contributed by atoms with Crippen LogP contribution < -0.4 is 4.74 Å². The Morgan fingerprint density at radius 2 is 1.67 bits per heavy atom. The van der Waals surface area contributed by atoms with Crippen molar-refractivity contribution in [3.8, 4) is 5.75 Å². The van der Waals surface area contributed by atoms with Crippen LogP contribution in [0, 0.1) is 11.6 Å². The Morgan fingerprint density at radius 1 is 0.889 bits per heavy atom. The highest BCUT2D eigenvalue weighted by atomic mass is 79.9. The lowest BCUT2D eigenvalue weighted by Gasteiger charge is -2.07. The topological polar surface area (TPSA) is 9.23 Å². The van der Waals surface area contributed by atoms with Crippen molar-refractivity contribution in [2.75, 3.05) is 0 Å². The molecule has 0 fully saturated rings. The van der Waals surface area contributed by atoms with Gasteiger partial charge in [0.25, 0.3) is 0 Å². The zero-order valence-electron chi connectivity index (χ0n) is 9.09. The van der Waals surface area contributed by atoms with Gasteiger partial charge in [-0.05, 0) is 61.7 Å². The van der Waals surface area contributed by atoms with Gasteiger partial charge < -0.3 is 4.74 Å². The second-order valence-corrected chi connectivity index (χ2v) is 5.32. The maximum atomic E-state index is 13.2. The van der Waals surface area contributed by atoms with Crippen LogP contribution in [-0.2, 0) is 6.61 Å². The van der Waals surface area contributed by atoms with Gasteiger partial charge in [0.1, 0.15) is 24.0 Å². The fourth-order valence-electron chi connectivity index (χ4n) is 1.36. The Labute approximate surface area is 120 Å². The summed E-state index contributed by atoms with van der Waals surface area (Å²) < 4.78 is 32.4. The van der Waals surface area contributed by atoms with E-state index in [1.807, 2.05) is 0 Å². The van der Waals surface area contributed by atoms with E-state index in [1.165, 1.54) is 12.1 Å². The first-order valence-electron chi connectivity index (χ1n) is 5.08. The highest BCUT2D eigenvalue weighted by Gasteiger charge is 2.04. The lowest BCUT2D eigenvalue weighted by molar-refractivity contribution is 0.304. The van der Waals surface area contributed by atoms with E-state index in [9.17, 15) is 8.78 Å². The van der Waals surface area contributed by atoms with E-state index in [0.29, 0.717) is 14.7 Å². The molecule has 0 N–H and O–H groups in total. The molecule has 0 aromatic heterocycles. The largest absolute Gasteiger partial charge is 0.489 e. The highest BCUT2D eigenvalue weighted by Crippen LogP contribution is 2.22. The van der Waals surface area contributed by atoms with Gasteiger partial charge in [-0.15, -0.1) is 0 Å². The van der Waals surface area contributed by atoms with Crippen molar-refractivity contribution in [3.05, 3.63) is 62.5 Å². The van der Waals surface area contributed by atoms with Gasteiger partial charge in [-0.3, -0.25) is 0 Å². The number of halogens is 4. The molecule has 0 spiro atoms. The third-order valence-corrected chi connectivity index (χ3v) is 3.53. The second kappa shape index (κ2) is 5.80. The molecule has 0 radical (unpaired) electrons. The summed E-state index contributed by atoms with van der Waals surface area (Å²) in [5.41, 5.74) is 0.798. The Bertz CT molecular complexity index is 521. The summed E-state index contributed by atoms with van der Waals surface area (Å²) in [4.78, 5) is 0. The van der Waals surface area contributed by atoms with E-state index in [2.05, 4.69) is 31.9 Å². The summed E-state index contributed by atoms with van der Waals surface area (Å²) in [6.45, 7) is 0.250. The van der Waals surface area contributed by atoms with Crippen molar-refractivity contribution in [1.82, 2.24) is 0 Å². The molecule has 0 saturated heterocycles. The SMILES string of the molecule is Fc1cc(OCc2ccc(F)c(Br)c2)ccc1Br. The van der Waals surface area contributed by atoms with Crippen molar-refractivity contribution in [1.29, 1.82) is 0 Å². The van der Waals surface area contributed by atoms with Crippen LogP contribution in [0.4, 0.5) is 8.78 Å². The van der Waals surface area contributed by atoms with Gasteiger partial charge in [0.05, 0.1) is 8.95 Å². The third-order valence-electron chi connectivity index (χ3n) is 2.28. The predicted molar refractivity (Wildman–Crippen MR) is 72.5 cm³/mol. The van der Waals surface area contributed by atoms with Crippen molar-refractivity contribution in [2.45, 2.75) is 6.61 Å². The number of benzene rings is 2. The maximum absolute atomic E-state index is 13.2. The smallest absolute Gasteiger partial charge is 0.141 e. The molecule has 0 saturated carbocycles. The number of hydrogen-bond acceptors (Lipinski definition) is 1. The molecule has 0 aliphatic heterocycles. The van der Waals surface area contributed by atoms with Crippen molar-refractivity contribution in [2.24, 2.45) is 0 Å². The van der Waals surface area contributed by atoms with E-state index in [0.717, 1.165) is 5.56 Å². The average molecular weight is 378 g/mol. The van der Waals surface area contributed by atoms with Crippen LogP contribution in [0.15, 0.2) is 45.3 Å². The van der Waals surface area contributed by atoms with E-state index >= 15 is 0 Å². The minimum absolute atomic E-state index is 0.250. The quantitative estimate of drug-likeness (QED) is 0.725.